The van der Waals surface area contributed by atoms with Crippen molar-refractivity contribution in [3.05, 3.63) is 83.4 Å². The first-order valence-electron chi connectivity index (χ1n) is 8.59. The van der Waals surface area contributed by atoms with Crippen molar-refractivity contribution in [3.8, 4) is 0 Å². The molecule has 0 bridgehead atoms. The second-order valence-electron chi connectivity index (χ2n) is 6.42. The smallest absolute Gasteiger partial charge is 0.138 e. The van der Waals surface area contributed by atoms with Crippen molar-refractivity contribution in [2.24, 2.45) is 11.1 Å². The first kappa shape index (κ1) is 16.4. The molecule has 2 aromatic rings. The predicted octanol–water partition coefficient (Wildman–Crippen LogP) is 5.49. The van der Waals surface area contributed by atoms with E-state index in [1.165, 1.54) is 0 Å². The summed E-state index contributed by atoms with van der Waals surface area (Å²) in [6.45, 7) is 3.82. The van der Waals surface area contributed by atoms with E-state index in [0.717, 1.165) is 29.7 Å². The Morgan fingerprint density at radius 2 is 1.84 bits per heavy atom. The zero-order valence-electron chi connectivity index (χ0n) is 13.8. The lowest BCUT2D eigenvalue weighted by atomic mass is 9.85. The van der Waals surface area contributed by atoms with E-state index < -0.39 is 0 Å². The van der Waals surface area contributed by atoms with Crippen LogP contribution in [-0.2, 0) is 9.57 Å². The van der Waals surface area contributed by atoms with Crippen molar-refractivity contribution in [2.75, 3.05) is 0 Å². The minimum Gasteiger partial charge on any atom is -0.392 e. The average Bonchev–Trinajstić information content (AvgIpc) is 3.22. The normalized spacial score (nSPS) is 27.5. The van der Waals surface area contributed by atoms with Crippen molar-refractivity contribution >= 4 is 17.3 Å². The standard InChI is InChI=1S/C21H20ClNO2/c1-2-3-13-17-18-19(23-25-17)21(15-11-7-8-12-16(15)22)24-20(18)14-9-5-4-6-10-14/h2,4-12,17-18,20-21H,1,3,13H2. The molecule has 0 saturated carbocycles. The number of ether oxygens (including phenoxy) is 1. The number of fused-ring (bicyclic) bond motifs is 1. The van der Waals surface area contributed by atoms with E-state index in [9.17, 15) is 0 Å². The molecule has 0 amide bonds. The summed E-state index contributed by atoms with van der Waals surface area (Å²) in [5, 5.41) is 5.10. The van der Waals surface area contributed by atoms with Crippen LogP contribution in [0.15, 0.2) is 72.4 Å². The van der Waals surface area contributed by atoms with Gasteiger partial charge in [-0.15, -0.1) is 6.58 Å². The molecule has 0 N–H and O–H groups in total. The maximum Gasteiger partial charge on any atom is 0.138 e. The molecule has 2 aliphatic rings. The summed E-state index contributed by atoms with van der Waals surface area (Å²) in [5.41, 5.74) is 3.03. The van der Waals surface area contributed by atoms with Crippen molar-refractivity contribution in [3.63, 3.8) is 0 Å². The maximum atomic E-state index is 6.47. The van der Waals surface area contributed by atoms with Crippen molar-refractivity contribution in [1.29, 1.82) is 0 Å². The van der Waals surface area contributed by atoms with Crippen molar-refractivity contribution < 1.29 is 9.57 Å². The lowest BCUT2D eigenvalue weighted by Crippen LogP contribution is -2.25. The van der Waals surface area contributed by atoms with Gasteiger partial charge in [0.2, 0.25) is 0 Å². The summed E-state index contributed by atoms with van der Waals surface area (Å²) in [6.07, 6.45) is 3.34. The Labute approximate surface area is 152 Å². The lowest BCUT2D eigenvalue weighted by molar-refractivity contribution is -0.0237. The van der Waals surface area contributed by atoms with Gasteiger partial charge in [-0.1, -0.05) is 71.4 Å². The van der Waals surface area contributed by atoms with E-state index in [2.05, 4.69) is 23.9 Å². The summed E-state index contributed by atoms with van der Waals surface area (Å²) >= 11 is 6.42. The monoisotopic (exact) mass is 353 g/mol. The molecule has 4 unspecified atom stereocenters. The number of rotatable bonds is 5. The van der Waals surface area contributed by atoms with Gasteiger partial charge in [0.25, 0.3) is 0 Å². The Morgan fingerprint density at radius 1 is 1.08 bits per heavy atom. The summed E-state index contributed by atoms with van der Waals surface area (Å²) in [6, 6.07) is 18.1. The molecule has 2 aromatic carbocycles. The number of nitrogens with zero attached hydrogens (tertiary/aromatic N) is 1. The SMILES string of the molecule is C=CCCC1ON=C2C(c3ccccc3Cl)OC(c3ccccc3)C21. The van der Waals surface area contributed by atoms with E-state index in [1.54, 1.807) is 0 Å². The molecule has 4 atom stereocenters. The van der Waals surface area contributed by atoms with Crippen LogP contribution in [0.5, 0.6) is 0 Å². The number of benzene rings is 2. The summed E-state index contributed by atoms with van der Waals surface area (Å²) < 4.78 is 6.47. The minimum absolute atomic E-state index is 0.00527. The van der Waals surface area contributed by atoms with Gasteiger partial charge >= 0.3 is 0 Å². The molecule has 0 aliphatic carbocycles. The summed E-state index contributed by atoms with van der Waals surface area (Å²) in [5.74, 6) is 0.101. The van der Waals surface area contributed by atoms with Gasteiger partial charge in [-0.25, -0.2) is 0 Å². The zero-order valence-corrected chi connectivity index (χ0v) is 14.6. The summed E-state index contributed by atoms with van der Waals surface area (Å²) in [7, 11) is 0. The molecule has 1 saturated heterocycles. The third-order valence-electron chi connectivity index (χ3n) is 4.88. The highest BCUT2D eigenvalue weighted by molar-refractivity contribution is 6.31. The molecule has 2 aliphatic heterocycles. The van der Waals surface area contributed by atoms with E-state index >= 15 is 0 Å². The summed E-state index contributed by atoms with van der Waals surface area (Å²) in [4.78, 5) is 5.78. The van der Waals surface area contributed by atoms with Crippen LogP contribution in [0.25, 0.3) is 0 Å². The first-order valence-corrected chi connectivity index (χ1v) is 8.96. The highest BCUT2D eigenvalue weighted by atomic mass is 35.5. The van der Waals surface area contributed by atoms with Gasteiger partial charge in [0.15, 0.2) is 0 Å². The molecule has 3 nitrogen and oxygen atoms in total. The van der Waals surface area contributed by atoms with Gasteiger partial charge in [0.05, 0.1) is 12.0 Å². The minimum atomic E-state index is -0.266. The van der Waals surface area contributed by atoms with Crippen LogP contribution in [0.4, 0.5) is 0 Å². The van der Waals surface area contributed by atoms with E-state index in [0.29, 0.717) is 5.02 Å². The Morgan fingerprint density at radius 3 is 2.60 bits per heavy atom. The van der Waals surface area contributed by atoms with Crippen LogP contribution in [0.3, 0.4) is 0 Å². The Hall–Kier alpha value is -2.10. The van der Waals surface area contributed by atoms with E-state index in [1.807, 2.05) is 48.5 Å². The number of hydrogen-bond acceptors (Lipinski definition) is 3. The number of halogens is 1. The number of allylic oxidation sites excluding steroid dienone is 1. The van der Waals surface area contributed by atoms with Crippen molar-refractivity contribution in [1.82, 2.24) is 0 Å². The first-order chi connectivity index (χ1) is 12.3. The molecule has 4 heteroatoms. The fourth-order valence-corrected chi connectivity index (χ4v) is 3.92. The largest absolute Gasteiger partial charge is 0.392 e. The maximum absolute atomic E-state index is 6.47. The van der Waals surface area contributed by atoms with Crippen LogP contribution in [0, 0.1) is 5.92 Å². The van der Waals surface area contributed by atoms with Crippen LogP contribution in [-0.4, -0.2) is 11.8 Å². The Kier molecular flexibility index (Phi) is 4.60. The number of oxime groups is 1. The van der Waals surface area contributed by atoms with Gasteiger partial charge < -0.3 is 9.57 Å². The highest BCUT2D eigenvalue weighted by Gasteiger charge is 2.51. The highest BCUT2D eigenvalue weighted by Crippen LogP contribution is 2.49. The van der Waals surface area contributed by atoms with Gasteiger partial charge in [-0.05, 0) is 24.5 Å². The second kappa shape index (κ2) is 7.03. The molecule has 4 rings (SSSR count). The van der Waals surface area contributed by atoms with Crippen LogP contribution in [0.2, 0.25) is 5.02 Å². The Balaban J connectivity index is 1.71. The van der Waals surface area contributed by atoms with Gasteiger partial charge in [0.1, 0.15) is 17.9 Å². The number of hydrogen-bond donors (Lipinski definition) is 0. The fraction of sp³-hybridized carbons (Fsp3) is 0.286. The topological polar surface area (TPSA) is 30.8 Å². The molecule has 2 heterocycles. The molecule has 0 radical (unpaired) electrons. The molecule has 25 heavy (non-hydrogen) atoms. The lowest BCUT2D eigenvalue weighted by Gasteiger charge is -2.21. The Bertz CT molecular complexity index is 789. The molecule has 0 aromatic heterocycles. The van der Waals surface area contributed by atoms with E-state index in [-0.39, 0.29) is 24.2 Å². The molecule has 128 valence electrons. The second-order valence-corrected chi connectivity index (χ2v) is 6.83. The van der Waals surface area contributed by atoms with Crippen LogP contribution < -0.4 is 0 Å². The quantitative estimate of drug-likeness (QED) is 0.665. The average molecular weight is 354 g/mol. The van der Waals surface area contributed by atoms with Crippen LogP contribution in [0.1, 0.15) is 36.2 Å². The third-order valence-corrected chi connectivity index (χ3v) is 5.23. The molecule has 0 spiro atoms. The fourth-order valence-electron chi connectivity index (χ4n) is 3.68. The third kappa shape index (κ3) is 2.99. The molecular weight excluding hydrogens is 334 g/mol. The predicted molar refractivity (Wildman–Crippen MR) is 99.7 cm³/mol. The molecular formula is C21H20ClNO2. The van der Waals surface area contributed by atoms with Gasteiger partial charge in [0, 0.05) is 10.6 Å². The van der Waals surface area contributed by atoms with Gasteiger partial charge in [-0.3, -0.25) is 0 Å². The van der Waals surface area contributed by atoms with Crippen molar-refractivity contribution in [2.45, 2.75) is 31.2 Å². The molecule has 1 fully saturated rings. The zero-order chi connectivity index (χ0) is 17.2. The van der Waals surface area contributed by atoms with E-state index in [4.69, 9.17) is 21.2 Å². The van der Waals surface area contributed by atoms with Gasteiger partial charge in [-0.2, -0.15) is 0 Å². The van der Waals surface area contributed by atoms with Crippen LogP contribution >= 0.6 is 11.6 Å².